The highest BCUT2D eigenvalue weighted by atomic mass is 32.1. The fourth-order valence-electron chi connectivity index (χ4n) is 7.19. The molecule has 0 aliphatic rings. The summed E-state index contributed by atoms with van der Waals surface area (Å²) in [6.45, 7) is 0. The lowest BCUT2D eigenvalue weighted by Crippen LogP contribution is -2.04. The molecule has 0 N–H and O–H groups in total. The Balaban J connectivity index is 1.45. The molecular weight excluding hydrogens is 579 g/mol. The van der Waals surface area contributed by atoms with E-state index in [2.05, 4.69) is 144 Å². The highest BCUT2D eigenvalue weighted by Gasteiger charge is 2.24. The summed E-state index contributed by atoms with van der Waals surface area (Å²) < 4.78 is 4.91. The Labute approximate surface area is 268 Å². The first kappa shape index (κ1) is 25.5. The molecule has 46 heavy (non-hydrogen) atoms. The van der Waals surface area contributed by atoms with Gasteiger partial charge in [-0.3, -0.25) is 4.57 Å². The summed E-state index contributed by atoms with van der Waals surface area (Å²) in [5.74, 6) is 0.668. The van der Waals surface area contributed by atoms with Gasteiger partial charge in [0.15, 0.2) is 0 Å². The number of benzene rings is 7. The van der Waals surface area contributed by atoms with Crippen LogP contribution in [0.3, 0.4) is 0 Å². The van der Waals surface area contributed by atoms with Crippen molar-refractivity contribution in [3.63, 3.8) is 0 Å². The van der Waals surface area contributed by atoms with E-state index in [4.69, 9.17) is 9.97 Å². The van der Waals surface area contributed by atoms with Gasteiger partial charge in [0.2, 0.25) is 5.95 Å². The van der Waals surface area contributed by atoms with Crippen LogP contribution < -0.4 is 0 Å². The van der Waals surface area contributed by atoms with Crippen LogP contribution in [0, 0.1) is 0 Å². The molecule has 0 saturated carbocycles. The highest BCUT2D eigenvalue weighted by Crippen LogP contribution is 2.47. The largest absolute Gasteiger partial charge is 0.277 e. The monoisotopic (exact) mass is 603 g/mol. The minimum Gasteiger partial charge on any atom is -0.277 e. The summed E-state index contributed by atoms with van der Waals surface area (Å²) in [6.07, 6.45) is 0. The first-order valence-corrected chi connectivity index (χ1v) is 16.3. The van der Waals surface area contributed by atoms with Crippen LogP contribution in [0.25, 0.3) is 92.0 Å². The van der Waals surface area contributed by atoms with E-state index in [-0.39, 0.29) is 0 Å². The number of aromatic nitrogens is 3. The molecular formula is C42H25N3S. The number of hydrogen-bond donors (Lipinski definition) is 0. The Kier molecular flexibility index (Phi) is 5.45. The lowest BCUT2D eigenvalue weighted by molar-refractivity contribution is 0.998. The van der Waals surface area contributed by atoms with E-state index in [0.29, 0.717) is 5.95 Å². The average molecular weight is 604 g/mol. The van der Waals surface area contributed by atoms with E-state index in [1.54, 1.807) is 0 Å². The third-order valence-corrected chi connectivity index (χ3v) is 10.4. The lowest BCUT2D eigenvalue weighted by atomic mass is 9.96. The smallest absolute Gasteiger partial charge is 0.235 e. The molecule has 0 radical (unpaired) electrons. The fourth-order valence-corrected chi connectivity index (χ4v) is 8.44. The second kappa shape index (κ2) is 9.83. The van der Waals surface area contributed by atoms with Gasteiger partial charge in [0.25, 0.3) is 0 Å². The average Bonchev–Trinajstić information content (AvgIpc) is 3.69. The van der Waals surface area contributed by atoms with Crippen LogP contribution in [0.5, 0.6) is 0 Å². The molecule has 3 heterocycles. The van der Waals surface area contributed by atoms with Gasteiger partial charge < -0.3 is 0 Å². The summed E-state index contributed by atoms with van der Waals surface area (Å²) in [4.78, 5) is 10.7. The number of fused-ring (bicyclic) bond motifs is 12. The zero-order valence-electron chi connectivity index (χ0n) is 24.7. The molecule has 0 aliphatic heterocycles. The quantitative estimate of drug-likeness (QED) is 0.188. The van der Waals surface area contributed by atoms with Gasteiger partial charge in [-0.15, -0.1) is 11.3 Å². The van der Waals surface area contributed by atoms with Gasteiger partial charge >= 0.3 is 0 Å². The summed E-state index contributed by atoms with van der Waals surface area (Å²) in [7, 11) is 0. The van der Waals surface area contributed by atoms with E-state index in [0.717, 1.165) is 33.5 Å². The minimum absolute atomic E-state index is 0.668. The SMILES string of the molecule is c1ccc(-c2cc(-c3ccccc3)nc(-n3c4ccc5c6ccccc6sc5c4c4c5ccccc5c5ccccc5c43)n2)cc1. The molecule has 0 fully saturated rings. The third-order valence-electron chi connectivity index (χ3n) is 9.20. The molecule has 0 bridgehead atoms. The Bertz CT molecular complexity index is 2740. The summed E-state index contributed by atoms with van der Waals surface area (Å²) >= 11 is 1.87. The van der Waals surface area contributed by atoms with Gasteiger partial charge in [-0.25, -0.2) is 9.97 Å². The van der Waals surface area contributed by atoms with E-state index in [1.807, 2.05) is 23.5 Å². The van der Waals surface area contributed by atoms with Crippen molar-refractivity contribution in [1.29, 1.82) is 0 Å². The van der Waals surface area contributed by atoms with Gasteiger partial charge in [0, 0.05) is 47.5 Å². The number of thiophene rings is 1. The molecule has 0 saturated heterocycles. The Morgan fingerprint density at radius 2 is 0.978 bits per heavy atom. The summed E-state index contributed by atoms with van der Waals surface area (Å²) in [6, 6.07) is 53.9. The van der Waals surface area contributed by atoms with E-state index >= 15 is 0 Å². The van der Waals surface area contributed by atoms with Crippen LogP contribution in [0.1, 0.15) is 0 Å². The van der Waals surface area contributed by atoms with Crippen molar-refractivity contribution in [2.75, 3.05) is 0 Å². The Morgan fingerprint density at radius 3 is 1.65 bits per heavy atom. The van der Waals surface area contributed by atoms with Crippen LogP contribution in [-0.2, 0) is 0 Å². The van der Waals surface area contributed by atoms with Gasteiger partial charge in [-0.2, -0.15) is 0 Å². The molecule has 0 amide bonds. The van der Waals surface area contributed by atoms with E-state index in [9.17, 15) is 0 Å². The Hall–Kier alpha value is -5.84. The molecule has 0 atom stereocenters. The van der Waals surface area contributed by atoms with Crippen LogP contribution in [0.4, 0.5) is 0 Å². The van der Waals surface area contributed by atoms with Crippen LogP contribution >= 0.6 is 11.3 Å². The van der Waals surface area contributed by atoms with Gasteiger partial charge in [-0.05, 0) is 34.4 Å². The molecule has 4 heteroatoms. The predicted octanol–water partition coefficient (Wildman–Crippen LogP) is 11.6. The van der Waals surface area contributed by atoms with Crippen molar-refractivity contribution in [2.45, 2.75) is 0 Å². The molecule has 3 nitrogen and oxygen atoms in total. The maximum atomic E-state index is 5.34. The predicted molar refractivity (Wildman–Crippen MR) is 195 cm³/mol. The first-order chi connectivity index (χ1) is 22.8. The zero-order valence-corrected chi connectivity index (χ0v) is 25.5. The van der Waals surface area contributed by atoms with E-state index < -0.39 is 0 Å². The van der Waals surface area contributed by atoms with Gasteiger partial charge in [0.05, 0.1) is 22.4 Å². The molecule has 10 aromatic rings. The van der Waals surface area contributed by atoms with E-state index in [1.165, 1.54) is 52.5 Å². The van der Waals surface area contributed by atoms with Crippen molar-refractivity contribution >= 4 is 74.9 Å². The van der Waals surface area contributed by atoms with Crippen molar-refractivity contribution < 1.29 is 0 Å². The molecule has 0 spiro atoms. The number of nitrogens with zero attached hydrogens (tertiary/aromatic N) is 3. The fraction of sp³-hybridized carbons (Fsp3) is 0. The minimum atomic E-state index is 0.668. The van der Waals surface area contributed by atoms with Crippen LogP contribution in [0.2, 0.25) is 0 Å². The summed E-state index contributed by atoms with van der Waals surface area (Å²) in [5.41, 5.74) is 6.16. The molecule has 7 aromatic carbocycles. The molecule has 10 rings (SSSR count). The second-order valence-corrected chi connectivity index (χ2v) is 12.8. The number of rotatable bonds is 3. The van der Waals surface area contributed by atoms with Crippen molar-refractivity contribution in [3.05, 3.63) is 152 Å². The second-order valence-electron chi connectivity index (χ2n) is 11.8. The van der Waals surface area contributed by atoms with Crippen molar-refractivity contribution in [3.8, 4) is 28.5 Å². The Morgan fingerprint density at radius 1 is 0.435 bits per heavy atom. The molecule has 3 aromatic heterocycles. The maximum absolute atomic E-state index is 5.34. The molecule has 0 unspecified atom stereocenters. The topological polar surface area (TPSA) is 30.7 Å². The highest BCUT2D eigenvalue weighted by molar-refractivity contribution is 7.26. The van der Waals surface area contributed by atoms with Crippen LogP contribution in [-0.4, -0.2) is 14.5 Å². The van der Waals surface area contributed by atoms with Gasteiger partial charge in [-0.1, -0.05) is 133 Å². The van der Waals surface area contributed by atoms with Crippen molar-refractivity contribution in [1.82, 2.24) is 14.5 Å². The molecule has 214 valence electrons. The van der Waals surface area contributed by atoms with Crippen molar-refractivity contribution in [2.24, 2.45) is 0 Å². The van der Waals surface area contributed by atoms with Crippen LogP contribution in [0.15, 0.2) is 152 Å². The first-order valence-electron chi connectivity index (χ1n) is 15.5. The van der Waals surface area contributed by atoms with Gasteiger partial charge in [0.1, 0.15) is 0 Å². The molecule has 0 aliphatic carbocycles. The zero-order chi connectivity index (χ0) is 30.2. The normalized spacial score (nSPS) is 11.9. The number of hydrogen-bond acceptors (Lipinski definition) is 3. The lowest BCUT2D eigenvalue weighted by Gasteiger charge is -2.13. The maximum Gasteiger partial charge on any atom is 0.235 e. The third kappa shape index (κ3) is 3.65. The summed E-state index contributed by atoms with van der Waals surface area (Å²) in [5, 5.41) is 10.00. The standard InChI is InChI=1S/C42H25N3S/c1-3-13-26(14-4-1)34-25-35(27-15-5-2-6-16-27)44-42(43-34)45-36-24-23-33-30-19-11-12-22-37(30)46-41(33)39(36)38-31-20-9-7-17-28(31)29-18-8-10-21-32(29)40(38)45/h1-25H.